The Bertz CT molecular complexity index is 597. The van der Waals surface area contributed by atoms with Gasteiger partial charge in [0.15, 0.2) is 0 Å². The summed E-state index contributed by atoms with van der Waals surface area (Å²) in [6.07, 6.45) is 0.799. The largest absolute Gasteiger partial charge is 0.310 e. The molecule has 2 aromatic rings. The molecule has 4 nitrogen and oxygen atoms in total. The number of halogens is 1. The van der Waals surface area contributed by atoms with Gasteiger partial charge in [0.1, 0.15) is 0 Å². The Balaban J connectivity index is 2.15. The van der Waals surface area contributed by atoms with Crippen LogP contribution in [0, 0.1) is 10.1 Å². The van der Waals surface area contributed by atoms with Crippen LogP contribution in [0.2, 0.25) is 0 Å². The molecular weight excluding hydrogens is 332 g/mol. The predicted octanol–water partition coefficient (Wildman–Crippen LogP) is 4.25. The average Bonchev–Trinajstić information content (AvgIpc) is 2.48. The number of non-ortho nitro benzene ring substituents is 1. The summed E-state index contributed by atoms with van der Waals surface area (Å²) < 4.78 is 1.05. The van der Waals surface area contributed by atoms with Crippen LogP contribution in [-0.2, 0) is 6.42 Å². The lowest BCUT2D eigenvalue weighted by Crippen LogP contribution is -2.22. The Hall–Kier alpha value is -1.72. The summed E-state index contributed by atoms with van der Waals surface area (Å²) >= 11 is 3.44. The van der Waals surface area contributed by atoms with Crippen LogP contribution >= 0.6 is 15.9 Å². The highest BCUT2D eigenvalue weighted by atomic mass is 79.9. The fraction of sp³-hybridized carbons (Fsp3) is 0.250. The first-order chi connectivity index (χ1) is 10.1. The van der Waals surface area contributed by atoms with E-state index in [1.165, 1.54) is 5.56 Å². The highest BCUT2D eigenvalue weighted by Gasteiger charge is 2.12. The lowest BCUT2D eigenvalue weighted by atomic mass is 9.98. The van der Waals surface area contributed by atoms with Crippen LogP contribution in [0.5, 0.6) is 0 Å². The molecule has 1 N–H and O–H groups in total. The van der Waals surface area contributed by atoms with Crippen molar-refractivity contribution < 1.29 is 4.92 Å². The van der Waals surface area contributed by atoms with E-state index in [0.29, 0.717) is 0 Å². The Labute approximate surface area is 132 Å². The van der Waals surface area contributed by atoms with E-state index < -0.39 is 0 Å². The number of hydrogen-bond donors (Lipinski definition) is 1. The molecule has 5 heteroatoms. The van der Waals surface area contributed by atoms with Crippen molar-refractivity contribution in [2.24, 2.45) is 0 Å². The van der Waals surface area contributed by atoms with Crippen molar-refractivity contribution >= 4 is 21.6 Å². The van der Waals surface area contributed by atoms with Crippen LogP contribution in [0.25, 0.3) is 0 Å². The molecule has 110 valence electrons. The second-order valence-corrected chi connectivity index (χ2v) is 5.71. The van der Waals surface area contributed by atoms with Gasteiger partial charge < -0.3 is 5.32 Å². The number of nitrogens with zero attached hydrogens (tertiary/aromatic N) is 1. The van der Waals surface area contributed by atoms with Crippen LogP contribution in [0.4, 0.5) is 5.69 Å². The van der Waals surface area contributed by atoms with Crippen molar-refractivity contribution in [3.05, 3.63) is 74.2 Å². The van der Waals surface area contributed by atoms with Gasteiger partial charge in [0, 0.05) is 22.6 Å². The number of rotatable bonds is 6. The minimum atomic E-state index is -0.375. The number of nitrogens with one attached hydrogen (secondary N) is 1. The predicted molar refractivity (Wildman–Crippen MR) is 87.4 cm³/mol. The second-order valence-electron chi connectivity index (χ2n) is 4.79. The normalized spacial score (nSPS) is 12.1. The molecule has 2 rings (SSSR count). The van der Waals surface area contributed by atoms with E-state index in [4.69, 9.17) is 0 Å². The van der Waals surface area contributed by atoms with E-state index >= 15 is 0 Å². The Kier molecular flexibility index (Phi) is 5.47. The van der Waals surface area contributed by atoms with Crippen LogP contribution in [-0.4, -0.2) is 11.5 Å². The Morgan fingerprint density at radius 1 is 1.14 bits per heavy atom. The summed E-state index contributed by atoms with van der Waals surface area (Å²) in [6, 6.07) is 15.2. The average molecular weight is 349 g/mol. The van der Waals surface area contributed by atoms with Crippen LogP contribution in [0.15, 0.2) is 53.0 Å². The zero-order chi connectivity index (χ0) is 15.2. The zero-order valence-corrected chi connectivity index (χ0v) is 13.3. The van der Waals surface area contributed by atoms with E-state index in [0.717, 1.165) is 23.0 Å². The third-order valence-electron chi connectivity index (χ3n) is 3.31. The van der Waals surface area contributed by atoms with E-state index in [-0.39, 0.29) is 16.7 Å². The maximum absolute atomic E-state index is 10.7. The third kappa shape index (κ3) is 4.37. The number of nitro groups is 1. The van der Waals surface area contributed by atoms with E-state index in [1.807, 2.05) is 24.3 Å². The topological polar surface area (TPSA) is 55.2 Å². The molecule has 0 aliphatic heterocycles. The first-order valence-corrected chi connectivity index (χ1v) is 7.61. The van der Waals surface area contributed by atoms with E-state index in [9.17, 15) is 10.1 Å². The fourth-order valence-electron chi connectivity index (χ4n) is 2.24. The number of benzene rings is 2. The van der Waals surface area contributed by atoms with Gasteiger partial charge in [-0.2, -0.15) is 0 Å². The van der Waals surface area contributed by atoms with Gasteiger partial charge in [-0.05, 0) is 36.2 Å². The number of likely N-dealkylation sites (N-methyl/N-ethyl adjacent to an activating group) is 1. The summed E-state index contributed by atoms with van der Waals surface area (Å²) in [5.41, 5.74) is 2.41. The van der Waals surface area contributed by atoms with Gasteiger partial charge >= 0.3 is 0 Å². The lowest BCUT2D eigenvalue weighted by molar-refractivity contribution is -0.384. The summed E-state index contributed by atoms with van der Waals surface area (Å²) in [7, 11) is 0. The van der Waals surface area contributed by atoms with Crippen molar-refractivity contribution in [1.29, 1.82) is 0 Å². The van der Waals surface area contributed by atoms with Gasteiger partial charge in [-0.3, -0.25) is 10.1 Å². The number of hydrogen-bond acceptors (Lipinski definition) is 3. The molecule has 1 unspecified atom stereocenters. The van der Waals surface area contributed by atoms with Crippen molar-refractivity contribution in [3.63, 3.8) is 0 Å². The highest BCUT2D eigenvalue weighted by Crippen LogP contribution is 2.22. The maximum atomic E-state index is 10.7. The first-order valence-electron chi connectivity index (χ1n) is 6.82. The minimum absolute atomic E-state index is 0.127. The molecule has 0 amide bonds. The molecule has 21 heavy (non-hydrogen) atoms. The summed E-state index contributed by atoms with van der Waals surface area (Å²) in [5, 5.41) is 14.1. The molecule has 0 saturated heterocycles. The minimum Gasteiger partial charge on any atom is -0.310 e. The lowest BCUT2D eigenvalue weighted by Gasteiger charge is -2.18. The SMILES string of the molecule is CCNC(Cc1ccc([N+](=O)[O-])cc1)c1ccc(Br)cc1. The quantitative estimate of drug-likeness (QED) is 0.627. The molecule has 0 aliphatic rings. The summed E-state index contributed by atoms with van der Waals surface area (Å²) in [4.78, 5) is 10.3. The molecule has 0 aromatic heterocycles. The Morgan fingerprint density at radius 3 is 2.29 bits per heavy atom. The van der Waals surface area contributed by atoms with Gasteiger partial charge in [0.25, 0.3) is 5.69 Å². The van der Waals surface area contributed by atoms with Crippen LogP contribution < -0.4 is 5.32 Å². The molecule has 0 aliphatic carbocycles. The van der Waals surface area contributed by atoms with Gasteiger partial charge in [0.2, 0.25) is 0 Å². The summed E-state index contributed by atoms with van der Waals surface area (Å²) in [5.74, 6) is 0. The highest BCUT2D eigenvalue weighted by molar-refractivity contribution is 9.10. The molecule has 1 atom stereocenters. The zero-order valence-electron chi connectivity index (χ0n) is 11.8. The smallest absolute Gasteiger partial charge is 0.269 e. The van der Waals surface area contributed by atoms with Crippen molar-refractivity contribution in [2.45, 2.75) is 19.4 Å². The molecule has 0 radical (unpaired) electrons. The van der Waals surface area contributed by atoms with Crippen molar-refractivity contribution in [2.75, 3.05) is 6.54 Å². The standard InChI is InChI=1S/C16H17BrN2O2/c1-2-18-16(13-5-7-14(17)8-6-13)11-12-3-9-15(10-4-12)19(20)21/h3-10,16,18H,2,11H2,1H3. The number of nitro benzene ring substituents is 1. The van der Waals surface area contributed by atoms with Gasteiger partial charge in [-0.25, -0.2) is 0 Å². The first kappa shape index (κ1) is 15.7. The second kappa shape index (κ2) is 7.33. The van der Waals surface area contributed by atoms with E-state index in [2.05, 4.69) is 40.3 Å². The molecule has 0 bridgehead atoms. The Morgan fingerprint density at radius 2 is 1.76 bits per heavy atom. The fourth-order valence-corrected chi connectivity index (χ4v) is 2.50. The van der Waals surface area contributed by atoms with Crippen LogP contribution in [0.1, 0.15) is 24.1 Å². The summed E-state index contributed by atoms with van der Waals surface area (Å²) in [6.45, 7) is 2.94. The third-order valence-corrected chi connectivity index (χ3v) is 3.84. The molecule has 2 aromatic carbocycles. The van der Waals surface area contributed by atoms with Gasteiger partial charge in [-0.15, -0.1) is 0 Å². The van der Waals surface area contributed by atoms with Gasteiger partial charge in [0.05, 0.1) is 4.92 Å². The van der Waals surface area contributed by atoms with Gasteiger partial charge in [-0.1, -0.05) is 47.1 Å². The monoisotopic (exact) mass is 348 g/mol. The molecule has 0 spiro atoms. The van der Waals surface area contributed by atoms with Crippen molar-refractivity contribution in [3.8, 4) is 0 Å². The molecular formula is C16H17BrN2O2. The van der Waals surface area contributed by atoms with E-state index in [1.54, 1.807) is 12.1 Å². The molecule has 0 heterocycles. The maximum Gasteiger partial charge on any atom is 0.269 e. The van der Waals surface area contributed by atoms with Crippen LogP contribution in [0.3, 0.4) is 0 Å². The molecule has 0 fully saturated rings. The van der Waals surface area contributed by atoms with Crippen molar-refractivity contribution in [1.82, 2.24) is 5.32 Å². The molecule has 0 saturated carbocycles.